The maximum atomic E-state index is 13.2. The van der Waals surface area contributed by atoms with E-state index < -0.39 is 23.5 Å². The number of aliphatic hydroxyl groups is 2. The fraction of sp³-hybridized carbons (Fsp3) is 0.731. The van der Waals surface area contributed by atoms with E-state index in [0.29, 0.717) is 12.1 Å². The highest BCUT2D eigenvalue weighted by Gasteiger charge is 2.43. The van der Waals surface area contributed by atoms with Gasteiger partial charge in [-0.3, -0.25) is 9.59 Å². The molecule has 7 atom stereocenters. The molecule has 2 aliphatic heterocycles. The molecule has 3 rings (SSSR count). The van der Waals surface area contributed by atoms with Crippen LogP contribution < -0.4 is 10.6 Å². The van der Waals surface area contributed by atoms with Crippen LogP contribution in [0.1, 0.15) is 77.4 Å². The van der Waals surface area contributed by atoms with Crippen molar-refractivity contribution in [3.05, 3.63) is 21.7 Å². The van der Waals surface area contributed by atoms with E-state index >= 15 is 0 Å². The van der Waals surface area contributed by atoms with Crippen LogP contribution in [0.2, 0.25) is 0 Å². The molecule has 1 aromatic rings. The molecule has 34 heavy (non-hydrogen) atoms. The third kappa shape index (κ3) is 6.53. The summed E-state index contributed by atoms with van der Waals surface area (Å²) in [5.41, 5.74) is 0.758. The normalized spacial score (nSPS) is 36.0. The SMILES string of the molecule is C/C(=C\c1csc(C)n1)[C@@H]1C[C@@H]2N[C@@H]2CCC[C@H](C)[C@H](O)[C@@H](C)C(=O)C(C)(C)[C@@H](O)CC(=O)N1. The second-order valence-electron chi connectivity index (χ2n) is 10.9. The minimum Gasteiger partial charge on any atom is -0.392 e. The number of fused-ring (bicyclic) bond motifs is 1. The Balaban J connectivity index is 1.81. The monoisotopic (exact) mass is 491 g/mol. The zero-order chi connectivity index (χ0) is 25.2. The lowest BCUT2D eigenvalue weighted by molar-refractivity contribution is -0.143. The lowest BCUT2D eigenvalue weighted by atomic mass is 9.73. The number of nitrogens with one attached hydrogen (secondary N) is 2. The Bertz CT molecular complexity index is 912. The first-order chi connectivity index (χ1) is 15.9. The molecule has 0 saturated carbocycles. The number of aliphatic hydroxyl groups excluding tert-OH is 2. The molecule has 0 bridgehead atoms. The van der Waals surface area contributed by atoms with Crippen LogP contribution >= 0.6 is 11.3 Å². The minimum atomic E-state index is -1.14. The minimum absolute atomic E-state index is 0.0141. The van der Waals surface area contributed by atoms with Gasteiger partial charge in [-0.1, -0.05) is 34.1 Å². The van der Waals surface area contributed by atoms with Gasteiger partial charge in [0, 0.05) is 23.4 Å². The Labute approximate surface area is 207 Å². The van der Waals surface area contributed by atoms with E-state index in [1.165, 1.54) is 0 Å². The first-order valence-electron chi connectivity index (χ1n) is 12.5. The van der Waals surface area contributed by atoms with E-state index in [4.69, 9.17) is 0 Å². The molecule has 4 N–H and O–H groups in total. The van der Waals surface area contributed by atoms with E-state index in [0.717, 1.165) is 42.0 Å². The largest absolute Gasteiger partial charge is 0.392 e. The zero-order valence-corrected chi connectivity index (χ0v) is 22.1. The summed E-state index contributed by atoms with van der Waals surface area (Å²) < 4.78 is 0. The van der Waals surface area contributed by atoms with E-state index in [1.54, 1.807) is 32.1 Å². The third-order valence-corrected chi connectivity index (χ3v) is 8.51. The number of thiazole rings is 1. The summed E-state index contributed by atoms with van der Waals surface area (Å²) in [7, 11) is 0. The maximum absolute atomic E-state index is 13.2. The Morgan fingerprint density at radius 3 is 2.56 bits per heavy atom. The van der Waals surface area contributed by atoms with Gasteiger partial charge in [-0.05, 0) is 50.7 Å². The highest BCUT2D eigenvalue weighted by atomic mass is 32.1. The fourth-order valence-electron chi connectivity index (χ4n) is 5.04. The molecule has 190 valence electrons. The van der Waals surface area contributed by atoms with Gasteiger partial charge in [0.05, 0.1) is 40.8 Å². The van der Waals surface area contributed by atoms with Crippen LogP contribution in [0.5, 0.6) is 0 Å². The highest BCUT2D eigenvalue weighted by molar-refractivity contribution is 7.09. The molecule has 7 nitrogen and oxygen atoms in total. The second-order valence-corrected chi connectivity index (χ2v) is 12.0. The van der Waals surface area contributed by atoms with Crippen molar-refractivity contribution >= 4 is 29.1 Å². The molecule has 2 fully saturated rings. The maximum Gasteiger partial charge on any atom is 0.223 e. The van der Waals surface area contributed by atoms with E-state index in [-0.39, 0.29) is 30.1 Å². The zero-order valence-electron chi connectivity index (χ0n) is 21.3. The van der Waals surface area contributed by atoms with Crippen molar-refractivity contribution in [2.24, 2.45) is 17.3 Å². The second kappa shape index (κ2) is 11.0. The van der Waals surface area contributed by atoms with Crippen LogP contribution in [0.25, 0.3) is 6.08 Å². The molecular formula is C26H41N3O4S. The summed E-state index contributed by atoms with van der Waals surface area (Å²) >= 11 is 1.59. The standard InChI is InChI=1S/C26H41N3O4S/c1-14-8-7-9-19-21(28-19)11-20(15(2)10-18-13-34-17(4)27-18)29-23(31)12-22(30)26(5,6)25(33)16(3)24(14)32/h10,13-14,16,19-22,24,28,30,32H,7-9,11-12H2,1-6H3,(H,29,31)/b15-10+/t14-,16+,19+,20-,21-,22-,24-/m0/s1. The Morgan fingerprint density at radius 1 is 1.21 bits per heavy atom. The van der Waals surface area contributed by atoms with E-state index in [1.807, 2.05) is 32.2 Å². The predicted molar refractivity (Wildman–Crippen MR) is 135 cm³/mol. The summed E-state index contributed by atoms with van der Waals surface area (Å²) in [6, 6.07) is 0.533. The Hall–Kier alpha value is -1.61. The number of aromatic nitrogens is 1. The number of rotatable bonds is 2. The number of nitrogens with zero attached hydrogens (tertiary/aromatic N) is 1. The average Bonchev–Trinajstić information content (AvgIpc) is 3.38. The van der Waals surface area contributed by atoms with E-state index in [9.17, 15) is 19.8 Å². The van der Waals surface area contributed by atoms with Crippen molar-refractivity contribution in [1.29, 1.82) is 0 Å². The van der Waals surface area contributed by atoms with Crippen molar-refractivity contribution in [3.8, 4) is 0 Å². The molecule has 8 heteroatoms. The van der Waals surface area contributed by atoms with Gasteiger partial charge in [-0.25, -0.2) is 4.98 Å². The average molecular weight is 492 g/mol. The number of hydrogen-bond donors (Lipinski definition) is 4. The number of hydrogen-bond acceptors (Lipinski definition) is 7. The van der Waals surface area contributed by atoms with Crippen molar-refractivity contribution in [2.75, 3.05) is 0 Å². The van der Waals surface area contributed by atoms with Crippen molar-refractivity contribution in [1.82, 2.24) is 15.6 Å². The van der Waals surface area contributed by atoms with Crippen LogP contribution in [0.4, 0.5) is 0 Å². The van der Waals surface area contributed by atoms with Crippen molar-refractivity contribution in [2.45, 2.75) is 104 Å². The van der Waals surface area contributed by atoms with Gasteiger partial charge < -0.3 is 20.8 Å². The summed E-state index contributed by atoms with van der Waals surface area (Å²) in [5.74, 6) is -1.12. The molecule has 0 unspecified atom stereocenters. The molecule has 2 saturated heterocycles. The van der Waals surface area contributed by atoms with Gasteiger partial charge in [0.15, 0.2) is 0 Å². The van der Waals surface area contributed by atoms with Crippen molar-refractivity contribution < 1.29 is 19.8 Å². The lowest BCUT2D eigenvalue weighted by Gasteiger charge is -2.34. The smallest absolute Gasteiger partial charge is 0.223 e. The number of amides is 1. The summed E-state index contributed by atoms with van der Waals surface area (Å²) in [4.78, 5) is 30.7. The first kappa shape index (κ1) is 27.0. The van der Waals surface area contributed by atoms with E-state index in [2.05, 4.69) is 15.6 Å². The molecular weight excluding hydrogens is 450 g/mol. The summed E-state index contributed by atoms with van der Waals surface area (Å²) in [6.45, 7) is 11.0. The van der Waals surface area contributed by atoms with Gasteiger partial charge in [0.2, 0.25) is 5.91 Å². The quantitative estimate of drug-likeness (QED) is 0.471. The number of aryl methyl sites for hydroxylation is 1. The van der Waals surface area contributed by atoms with Crippen LogP contribution in [-0.4, -0.2) is 57.2 Å². The first-order valence-corrected chi connectivity index (χ1v) is 13.3. The number of Topliss-reactive ketones (excluding diaryl/α,β-unsaturated/α-hetero) is 1. The highest BCUT2D eigenvalue weighted by Crippen LogP contribution is 2.33. The van der Waals surface area contributed by atoms with Crippen LogP contribution in [0.15, 0.2) is 11.0 Å². The lowest BCUT2D eigenvalue weighted by Crippen LogP contribution is -2.47. The molecule has 1 amide bonds. The van der Waals surface area contributed by atoms with Crippen LogP contribution in [0, 0.1) is 24.2 Å². The number of ketones is 1. The molecule has 0 spiro atoms. The number of carbonyl (C=O) groups is 2. The Kier molecular flexibility index (Phi) is 8.71. The van der Waals surface area contributed by atoms with Gasteiger partial charge >= 0.3 is 0 Å². The molecule has 0 aliphatic carbocycles. The van der Waals surface area contributed by atoms with Gasteiger partial charge in [0.1, 0.15) is 5.78 Å². The van der Waals surface area contributed by atoms with Crippen molar-refractivity contribution in [3.63, 3.8) is 0 Å². The predicted octanol–water partition coefficient (Wildman–Crippen LogP) is 3.23. The van der Waals surface area contributed by atoms with Gasteiger partial charge in [-0.2, -0.15) is 0 Å². The van der Waals surface area contributed by atoms with Crippen LogP contribution in [0.3, 0.4) is 0 Å². The topological polar surface area (TPSA) is 121 Å². The third-order valence-electron chi connectivity index (χ3n) is 7.72. The molecule has 3 heterocycles. The molecule has 0 aromatic carbocycles. The molecule has 1 aromatic heterocycles. The van der Waals surface area contributed by atoms with Gasteiger partial charge in [-0.15, -0.1) is 11.3 Å². The summed E-state index contributed by atoms with van der Waals surface area (Å²) in [6.07, 6.45) is 3.50. The summed E-state index contributed by atoms with van der Waals surface area (Å²) in [5, 5.41) is 31.3. The number of carbonyl (C=O) groups excluding carboxylic acids is 2. The fourth-order valence-corrected chi connectivity index (χ4v) is 5.61. The van der Waals surface area contributed by atoms with Crippen LogP contribution in [-0.2, 0) is 9.59 Å². The van der Waals surface area contributed by atoms with Gasteiger partial charge in [0.25, 0.3) is 0 Å². The molecule has 0 radical (unpaired) electrons. The Morgan fingerprint density at radius 2 is 1.91 bits per heavy atom. The molecule has 2 aliphatic rings.